The van der Waals surface area contributed by atoms with Crippen LogP contribution >= 0.6 is 0 Å². The maximum absolute atomic E-state index is 5.68. The van der Waals surface area contributed by atoms with E-state index in [2.05, 4.69) is 72.6 Å². The molecular weight excluding hydrogens is 398 g/mol. The van der Waals surface area contributed by atoms with Crippen LogP contribution in [0.3, 0.4) is 0 Å². The maximum atomic E-state index is 5.68. The van der Waals surface area contributed by atoms with Crippen LogP contribution in [0, 0.1) is 0 Å². The summed E-state index contributed by atoms with van der Waals surface area (Å²) in [6.07, 6.45) is 2.21. The van der Waals surface area contributed by atoms with E-state index in [4.69, 9.17) is 14.2 Å². The minimum Gasteiger partial charge on any atom is -0.496 e. The molecule has 0 unspecified atom stereocenters. The summed E-state index contributed by atoms with van der Waals surface area (Å²) >= 11 is 0. The summed E-state index contributed by atoms with van der Waals surface area (Å²) in [4.78, 5) is 2.28. The molecule has 4 nitrogen and oxygen atoms in total. The largest absolute Gasteiger partial charge is 0.496 e. The number of ether oxygens (including phenoxy) is 3. The van der Waals surface area contributed by atoms with Gasteiger partial charge in [-0.1, -0.05) is 30.3 Å². The van der Waals surface area contributed by atoms with Crippen LogP contribution < -0.4 is 29.5 Å². The van der Waals surface area contributed by atoms with Gasteiger partial charge in [0.05, 0.1) is 32.7 Å². The molecule has 1 aliphatic heterocycles. The molecule has 2 aliphatic rings. The van der Waals surface area contributed by atoms with E-state index in [1.807, 2.05) is 6.07 Å². The van der Waals surface area contributed by atoms with Crippen molar-refractivity contribution in [1.29, 1.82) is 0 Å². The molecule has 158 valence electrons. The van der Waals surface area contributed by atoms with Gasteiger partial charge in [0, 0.05) is 28.4 Å². The highest BCUT2D eigenvalue weighted by atomic mass is 16.5. The van der Waals surface area contributed by atoms with Crippen LogP contribution in [0.4, 0.5) is 5.69 Å². The fourth-order valence-electron chi connectivity index (χ4n) is 5.09. The van der Waals surface area contributed by atoms with Crippen LogP contribution in [-0.4, -0.2) is 28.4 Å². The van der Waals surface area contributed by atoms with Crippen molar-refractivity contribution in [3.05, 3.63) is 71.1 Å². The van der Waals surface area contributed by atoms with Gasteiger partial charge in [0.15, 0.2) is 11.5 Å². The molecule has 4 aromatic rings. The molecule has 0 saturated heterocycles. The Hall–Kier alpha value is -3.92. The van der Waals surface area contributed by atoms with Crippen LogP contribution in [-0.2, 0) is 0 Å². The topological polar surface area (TPSA) is 30.9 Å². The first-order valence-corrected chi connectivity index (χ1v) is 10.6. The van der Waals surface area contributed by atoms with Gasteiger partial charge in [-0.05, 0) is 58.5 Å². The zero-order valence-corrected chi connectivity index (χ0v) is 18.5. The Labute approximate surface area is 186 Å². The normalized spacial score (nSPS) is 13.1. The summed E-state index contributed by atoms with van der Waals surface area (Å²) in [5.74, 6) is 2.37. The standard InChI is InChI=1S/C28H23NO3/c1-29-23-13-22-24(30-2)11-10-17(27(22)23)20-12-18(16-8-6-5-7-9-16)19-14-25(31-3)26(32-4)15-21(19)28(20)29/h5-15H,1-4H3. The Morgan fingerprint density at radius 1 is 0.656 bits per heavy atom. The second-order valence-electron chi connectivity index (χ2n) is 8.13. The third kappa shape index (κ3) is 2.38. The lowest BCUT2D eigenvalue weighted by molar-refractivity contribution is 0.356. The van der Waals surface area contributed by atoms with Crippen molar-refractivity contribution in [3.8, 4) is 39.5 Å². The summed E-state index contributed by atoms with van der Waals surface area (Å²) in [6.45, 7) is 0. The van der Waals surface area contributed by atoms with Crippen molar-refractivity contribution in [3.63, 3.8) is 0 Å². The van der Waals surface area contributed by atoms with E-state index in [-0.39, 0.29) is 0 Å². The first kappa shape index (κ1) is 18.8. The molecule has 4 heteroatoms. The maximum Gasteiger partial charge on any atom is 0.161 e. The molecule has 0 aromatic heterocycles. The monoisotopic (exact) mass is 421 g/mol. The number of hydrogen-bond donors (Lipinski definition) is 0. The minimum absolute atomic E-state index is 0.726. The number of rotatable bonds is 4. The SMILES string of the molecule is COc1cc2c(-c3ccccc3)cc3c(c2cc1OC)N(C)C1=c2c-3ccc(OC)c2=C1. The Balaban J connectivity index is 1.76. The molecule has 32 heavy (non-hydrogen) atoms. The highest BCUT2D eigenvalue weighted by Crippen LogP contribution is 2.48. The first-order chi connectivity index (χ1) is 15.7. The molecule has 0 saturated carbocycles. The molecule has 0 amide bonds. The highest BCUT2D eigenvalue weighted by molar-refractivity contribution is 6.15. The quantitative estimate of drug-likeness (QED) is 0.484. The highest BCUT2D eigenvalue weighted by Gasteiger charge is 2.29. The second kappa shape index (κ2) is 6.79. The number of methoxy groups -OCH3 is 3. The number of hydrogen-bond acceptors (Lipinski definition) is 4. The predicted molar refractivity (Wildman–Crippen MR) is 130 cm³/mol. The lowest BCUT2D eigenvalue weighted by Crippen LogP contribution is -2.44. The molecule has 1 heterocycles. The van der Waals surface area contributed by atoms with Crippen LogP contribution in [0.1, 0.15) is 0 Å². The van der Waals surface area contributed by atoms with E-state index < -0.39 is 0 Å². The van der Waals surface area contributed by atoms with Crippen molar-refractivity contribution in [1.82, 2.24) is 0 Å². The van der Waals surface area contributed by atoms with Crippen LogP contribution in [0.15, 0.2) is 60.7 Å². The molecule has 0 atom stereocenters. The van der Waals surface area contributed by atoms with E-state index >= 15 is 0 Å². The molecular formula is C28H23NO3. The lowest BCUT2D eigenvalue weighted by Gasteiger charge is -2.34. The molecule has 1 aliphatic carbocycles. The third-order valence-corrected chi connectivity index (χ3v) is 6.65. The summed E-state index contributed by atoms with van der Waals surface area (Å²) in [5, 5.41) is 4.71. The average Bonchev–Trinajstić information content (AvgIpc) is 2.82. The van der Waals surface area contributed by atoms with Gasteiger partial charge < -0.3 is 19.1 Å². The zero-order valence-electron chi connectivity index (χ0n) is 18.5. The zero-order chi connectivity index (χ0) is 22.0. The molecule has 4 aromatic carbocycles. The fraction of sp³-hybridized carbons (Fsp3) is 0.143. The second-order valence-corrected chi connectivity index (χ2v) is 8.13. The average molecular weight is 421 g/mol. The smallest absolute Gasteiger partial charge is 0.161 e. The van der Waals surface area contributed by atoms with E-state index in [1.54, 1.807) is 21.3 Å². The third-order valence-electron chi connectivity index (χ3n) is 6.65. The number of benzene rings is 4. The van der Waals surface area contributed by atoms with Crippen LogP contribution in [0.5, 0.6) is 17.2 Å². The van der Waals surface area contributed by atoms with E-state index in [9.17, 15) is 0 Å². The van der Waals surface area contributed by atoms with Gasteiger partial charge in [-0.25, -0.2) is 0 Å². The van der Waals surface area contributed by atoms with Crippen molar-refractivity contribution in [2.24, 2.45) is 0 Å². The van der Waals surface area contributed by atoms with Gasteiger partial charge >= 0.3 is 0 Å². The Kier molecular flexibility index (Phi) is 3.99. The summed E-state index contributed by atoms with van der Waals surface area (Å²) in [6, 6.07) is 21.3. The van der Waals surface area contributed by atoms with Gasteiger partial charge in [-0.15, -0.1) is 0 Å². The number of fused-ring (bicyclic) bond motifs is 4. The summed E-state index contributed by atoms with van der Waals surface area (Å²) in [5.41, 5.74) is 7.18. The van der Waals surface area contributed by atoms with Crippen LogP contribution in [0.2, 0.25) is 0 Å². The van der Waals surface area contributed by atoms with Gasteiger partial charge in [-0.2, -0.15) is 0 Å². The van der Waals surface area contributed by atoms with E-state index in [0.29, 0.717) is 0 Å². The lowest BCUT2D eigenvalue weighted by atomic mass is 9.84. The van der Waals surface area contributed by atoms with Gasteiger partial charge in [0.1, 0.15) is 5.75 Å². The molecule has 0 N–H and O–H groups in total. The molecule has 0 radical (unpaired) electrons. The van der Waals surface area contributed by atoms with Crippen LogP contribution in [0.25, 0.3) is 44.8 Å². The van der Waals surface area contributed by atoms with E-state index in [0.717, 1.165) is 28.0 Å². The predicted octanol–water partition coefficient (Wildman–Crippen LogP) is 4.55. The Morgan fingerprint density at radius 3 is 2.03 bits per heavy atom. The number of nitrogens with zero attached hydrogens (tertiary/aromatic N) is 1. The Morgan fingerprint density at radius 2 is 1.34 bits per heavy atom. The molecule has 0 fully saturated rings. The van der Waals surface area contributed by atoms with Crippen molar-refractivity contribution in [2.75, 3.05) is 33.3 Å². The van der Waals surface area contributed by atoms with Gasteiger partial charge in [-0.3, -0.25) is 0 Å². The fourth-order valence-corrected chi connectivity index (χ4v) is 5.09. The first-order valence-electron chi connectivity index (χ1n) is 10.6. The molecule has 0 bridgehead atoms. The summed E-state index contributed by atoms with van der Waals surface area (Å²) in [7, 11) is 7.23. The minimum atomic E-state index is 0.726. The van der Waals surface area contributed by atoms with Gasteiger partial charge in [0.25, 0.3) is 0 Å². The number of anilines is 1. The van der Waals surface area contributed by atoms with Crippen molar-refractivity contribution in [2.45, 2.75) is 0 Å². The van der Waals surface area contributed by atoms with Crippen molar-refractivity contribution >= 4 is 28.2 Å². The van der Waals surface area contributed by atoms with Gasteiger partial charge in [0.2, 0.25) is 0 Å². The molecule has 6 rings (SSSR count). The molecule has 0 spiro atoms. The van der Waals surface area contributed by atoms with E-state index in [1.165, 1.54) is 44.1 Å². The van der Waals surface area contributed by atoms with Crippen molar-refractivity contribution < 1.29 is 14.2 Å². The Bertz CT molecular complexity index is 1540. The summed E-state index contributed by atoms with van der Waals surface area (Å²) < 4.78 is 16.9.